The summed E-state index contributed by atoms with van der Waals surface area (Å²) in [5.41, 5.74) is 4.95. The van der Waals surface area contributed by atoms with Crippen molar-refractivity contribution in [2.45, 2.75) is 27.7 Å². The molecule has 116 valence electrons. The van der Waals surface area contributed by atoms with Gasteiger partial charge in [-0.15, -0.1) is 0 Å². The Morgan fingerprint density at radius 2 is 1.64 bits per heavy atom. The van der Waals surface area contributed by atoms with Gasteiger partial charge in [0.15, 0.2) is 0 Å². The van der Waals surface area contributed by atoms with Gasteiger partial charge in [-0.25, -0.2) is 0 Å². The minimum Gasteiger partial charge on any atom is -0.372 e. The zero-order valence-corrected chi connectivity index (χ0v) is 13.8. The number of nitrogens with one attached hydrogen (secondary N) is 1. The summed E-state index contributed by atoms with van der Waals surface area (Å²) in [6.07, 6.45) is 0. The van der Waals surface area contributed by atoms with Crippen LogP contribution in [0, 0.1) is 13.8 Å². The normalized spacial score (nSPS) is 10.4. The molecule has 3 nitrogen and oxygen atoms in total. The molecule has 2 aromatic rings. The molecule has 0 unspecified atom stereocenters. The molecule has 0 atom stereocenters. The van der Waals surface area contributed by atoms with Crippen molar-refractivity contribution in [2.75, 3.05) is 23.3 Å². The van der Waals surface area contributed by atoms with E-state index in [1.54, 1.807) is 0 Å². The monoisotopic (exact) mass is 296 g/mol. The number of anilines is 2. The summed E-state index contributed by atoms with van der Waals surface area (Å²) in [5, 5.41) is 2.99. The Hall–Kier alpha value is -2.29. The fraction of sp³-hybridized carbons (Fsp3) is 0.316. The van der Waals surface area contributed by atoms with Crippen LogP contribution in [0.1, 0.15) is 35.3 Å². The summed E-state index contributed by atoms with van der Waals surface area (Å²) >= 11 is 0. The lowest BCUT2D eigenvalue weighted by Crippen LogP contribution is -2.22. The summed E-state index contributed by atoms with van der Waals surface area (Å²) in [7, 11) is 0. The van der Waals surface area contributed by atoms with E-state index in [4.69, 9.17) is 0 Å². The predicted molar refractivity (Wildman–Crippen MR) is 93.9 cm³/mol. The van der Waals surface area contributed by atoms with Crippen LogP contribution in [0.5, 0.6) is 0 Å². The number of hydrogen-bond acceptors (Lipinski definition) is 2. The highest BCUT2D eigenvalue weighted by Crippen LogP contribution is 2.23. The third-order valence-electron chi connectivity index (χ3n) is 3.90. The Balaban J connectivity index is 2.16. The fourth-order valence-corrected chi connectivity index (χ4v) is 2.47. The molecule has 0 fully saturated rings. The SMILES string of the molecule is CCN(CC)c1ccc(NC(=O)c2ccc(C)cc2)c(C)c1. The third kappa shape index (κ3) is 3.67. The van der Waals surface area contributed by atoms with Gasteiger partial charge in [0.25, 0.3) is 5.91 Å². The van der Waals surface area contributed by atoms with Gasteiger partial charge in [-0.1, -0.05) is 17.7 Å². The molecule has 0 heterocycles. The van der Waals surface area contributed by atoms with Crippen LogP contribution in [0.3, 0.4) is 0 Å². The van der Waals surface area contributed by atoms with Crippen molar-refractivity contribution in [3.05, 3.63) is 59.2 Å². The minimum absolute atomic E-state index is 0.0707. The first-order valence-electron chi connectivity index (χ1n) is 7.78. The molecule has 0 aliphatic heterocycles. The van der Waals surface area contributed by atoms with E-state index in [0.717, 1.165) is 29.9 Å². The number of carbonyl (C=O) groups excluding carboxylic acids is 1. The third-order valence-corrected chi connectivity index (χ3v) is 3.90. The summed E-state index contributed by atoms with van der Waals surface area (Å²) in [6, 6.07) is 13.8. The van der Waals surface area contributed by atoms with Gasteiger partial charge in [0.2, 0.25) is 0 Å². The zero-order valence-electron chi connectivity index (χ0n) is 13.8. The van der Waals surface area contributed by atoms with Crippen LogP contribution in [-0.4, -0.2) is 19.0 Å². The van der Waals surface area contributed by atoms with E-state index in [1.165, 1.54) is 5.69 Å². The van der Waals surface area contributed by atoms with E-state index in [9.17, 15) is 4.79 Å². The number of carbonyl (C=O) groups is 1. The molecule has 3 heteroatoms. The zero-order chi connectivity index (χ0) is 16.1. The maximum Gasteiger partial charge on any atom is 0.255 e. The van der Waals surface area contributed by atoms with Gasteiger partial charge in [0.05, 0.1) is 0 Å². The second kappa shape index (κ2) is 7.12. The Morgan fingerprint density at radius 3 is 2.18 bits per heavy atom. The maximum absolute atomic E-state index is 12.3. The maximum atomic E-state index is 12.3. The van der Waals surface area contributed by atoms with Gasteiger partial charge in [0, 0.05) is 30.0 Å². The predicted octanol–water partition coefficient (Wildman–Crippen LogP) is 4.40. The molecule has 0 bridgehead atoms. The fourth-order valence-electron chi connectivity index (χ4n) is 2.47. The molecule has 0 aromatic heterocycles. The van der Waals surface area contributed by atoms with Crippen molar-refractivity contribution >= 4 is 17.3 Å². The van der Waals surface area contributed by atoms with E-state index in [1.807, 2.05) is 44.2 Å². The second-order valence-corrected chi connectivity index (χ2v) is 5.49. The summed E-state index contributed by atoms with van der Waals surface area (Å²) in [6.45, 7) is 10.3. The van der Waals surface area contributed by atoms with Gasteiger partial charge in [-0.2, -0.15) is 0 Å². The number of nitrogens with zero attached hydrogens (tertiary/aromatic N) is 1. The van der Waals surface area contributed by atoms with Crippen molar-refractivity contribution < 1.29 is 4.79 Å². The Bertz CT molecular complexity index is 643. The van der Waals surface area contributed by atoms with E-state index in [-0.39, 0.29) is 5.91 Å². The molecule has 0 spiro atoms. The number of amides is 1. The number of benzene rings is 2. The lowest BCUT2D eigenvalue weighted by Gasteiger charge is -2.22. The standard InChI is InChI=1S/C19H24N2O/c1-5-21(6-2)17-11-12-18(15(4)13-17)20-19(22)16-9-7-14(3)8-10-16/h7-13H,5-6H2,1-4H3,(H,20,22). The first-order chi connectivity index (χ1) is 10.5. The topological polar surface area (TPSA) is 32.3 Å². The molecule has 1 N–H and O–H groups in total. The van der Waals surface area contributed by atoms with Gasteiger partial charge in [-0.05, 0) is 63.6 Å². The van der Waals surface area contributed by atoms with Gasteiger partial charge < -0.3 is 10.2 Å². The van der Waals surface area contributed by atoms with Crippen molar-refractivity contribution in [3.63, 3.8) is 0 Å². The van der Waals surface area contributed by atoms with Crippen molar-refractivity contribution in [2.24, 2.45) is 0 Å². The molecule has 22 heavy (non-hydrogen) atoms. The van der Waals surface area contributed by atoms with Gasteiger partial charge in [0.1, 0.15) is 0 Å². The van der Waals surface area contributed by atoms with E-state index < -0.39 is 0 Å². The quantitative estimate of drug-likeness (QED) is 0.887. The molecule has 0 aliphatic rings. The molecule has 0 saturated heterocycles. The van der Waals surface area contributed by atoms with Crippen LogP contribution in [0.25, 0.3) is 0 Å². The highest BCUT2D eigenvalue weighted by atomic mass is 16.1. The van der Waals surface area contributed by atoms with Gasteiger partial charge in [-0.3, -0.25) is 4.79 Å². The first-order valence-corrected chi connectivity index (χ1v) is 7.78. The highest BCUT2D eigenvalue weighted by molar-refractivity contribution is 6.04. The lowest BCUT2D eigenvalue weighted by molar-refractivity contribution is 0.102. The molecule has 0 aliphatic carbocycles. The largest absolute Gasteiger partial charge is 0.372 e. The molecular formula is C19H24N2O. The Kier molecular flexibility index (Phi) is 5.21. The van der Waals surface area contributed by atoms with Crippen LogP contribution in [0.2, 0.25) is 0 Å². The van der Waals surface area contributed by atoms with Crippen LogP contribution >= 0.6 is 0 Å². The molecule has 1 amide bonds. The molecular weight excluding hydrogens is 272 g/mol. The molecule has 0 saturated carbocycles. The van der Waals surface area contributed by atoms with E-state index >= 15 is 0 Å². The molecule has 2 aromatic carbocycles. The van der Waals surface area contributed by atoms with Crippen LogP contribution in [0.4, 0.5) is 11.4 Å². The summed E-state index contributed by atoms with van der Waals surface area (Å²) in [4.78, 5) is 14.6. The second-order valence-electron chi connectivity index (χ2n) is 5.49. The van der Waals surface area contributed by atoms with Crippen LogP contribution < -0.4 is 10.2 Å². The van der Waals surface area contributed by atoms with Crippen LogP contribution in [-0.2, 0) is 0 Å². The summed E-state index contributed by atoms with van der Waals surface area (Å²) in [5.74, 6) is -0.0707. The van der Waals surface area contributed by atoms with Crippen molar-refractivity contribution in [1.82, 2.24) is 0 Å². The lowest BCUT2D eigenvalue weighted by atomic mass is 10.1. The molecule has 0 radical (unpaired) electrons. The summed E-state index contributed by atoms with van der Waals surface area (Å²) < 4.78 is 0. The van der Waals surface area contributed by atoms with Crippen LogP contribution in [0.15, 0.2) is 42.5 Å². The number of rotatable bonds is 5. The minimum atomic E-state index is -0.0707. The smallest absolute Gasteiger partial charge is 0.255 e. The average Bonchev–Trinajstić information content (AvgIpc) is 2.51. The Morgan fingerprint density at radius 1 is 1.00 bits per heavy atom. The van der Waals surface area contributed by atoms with Crippen molar-refractivity contribution in [1.29, 1.82) is 0 Å². The highest BCUT2D eigenvalue weighted by Gasteiger charge is 2.09. The van der Waals surface area contributed by atoms with Gasteiger partial charge >= 0.3 is 0 Å². The molecule has 2 rings (SSSR count). The van der Waals surface area contributed by atoms with Crippen molar-refractivity contribution in [3.8, 4) is 0 Å². The van der Waals surface area contributed by atoms with E-state index in [0.29, 0.717) is 5.56 Å². The number of hydrogen-bond donors (Lipinski definition) is 1. The van der Waals surface area contributed by atoms with E-state index in [2.05, 4.69) is 36.2 Å². The first kappa shape index (κ1) is 16.1. The Labute approximate surface area is 133 Å². The number of aryl methyl sites for hydroxylation is 2. The average molecular weight is 296 g/mol.